The van der Waals surface area contributed by atoms with Crippen molar-refractivity contribution in [2.24, 2.45) is 0 Å². The molecule has 0 aromatic heterocycles. The van der Waals surface area contributed by atoms with Crippen molar-refractivity contribution in [1.29, 1.82) is 5.26 Å². The van der Waals surface area contributed by atoms with Gasteiger partial charge in [-0.3, -0.25) is 0 Å². The second-order valence-corrected chi connectivity index (χ2v) is 5.23. The summed E-state index contributed by atoms with van der Waals surface area (Å²) >= 11 is 9.50. The van der Waals surface area contributed by atoms with E-state index in [1.807, 2.05) is 37.3 Å². The van der Waals surface area contributed by atoms with E-state index in [2.05, 4.69) is 27.3 Å². The maximum absolute atomic E-state index is 9.11. The van der Waals surface area contributed by atoms with Crippen LogP contribution in [0.5, 0.6) is 0 Å². The van der Waals surface area contributed by atoms with Crippen molar-refractivity contribution in [1.82, 2.24) is 0 Å². The van der Waals surface area contributed by atoms with Crippen LogP contribution in [0, 0.1) is 18.3 Å². The van der Waals surface area contributed by atoms with Crippen LogP contribution in [-0.2, 0) is 0 Å². The molecule has 18 heavy (non-hydrogen) atoms. The lowest BCUT2D eigenvalue weighted by Crippen LogP contribution is -1.95. The van der Waals surface area contributed by atoms with E-state index in [9.17, 15) is 0 Å². The first kappa shape index (κ1) is 12.9. The molecule has 0 aliphatic rings. The zero-order valence-corrected chi connectivity index (χ0v) is 12.0. The molecule has 0 radical (unpaired) electrons. The third kappa shape index (κ3) is 2.84. The number of nitrogens with one attached hydrogen (secondary N) is 1. The monoisotopic (exact) mass is 320 g/mol. The van der Waals surface area contributed by atoms with Gasteiger partial charge in [0.25, 0.3) is 0 Å². The van der Waals surface area contributed by atoms with Gasteiger partial charge in [-0.25, -0.2) is 0 Å². The third-order valence-corrected chi connectivity index (χ3v) is 3.32. The van der Waals surface area contributed by atoms with Crippen molar-refractivity contribution in [2.45, 2.75) is 6.92 Å². The summed E-state index contributed by atoms with van der Waals surface area (Å²) in [5.41, 5.74) is 3.18. The summed E-state index contributed by atoms with van der Waals surface area (Å²) in [5.74, 6) is 0. The lowest BCUT2D eigenvalue weighted by molar-refractivity contribution is 1.40. The Labute approximate surface area is 119 Å². The molecule has 2 aromatic carbocycles. The standard InChI is InChI=1S/C14H10BrClN2/c1-9-2-5-13(10(6-9)8-17)18-14-7-11(15)3-4-12(14)16/h2-7,18H,1H3. The fourth-order valence-electron chi connectivity index (χ4n) is 1.60. The van der Waals surface area contributed by atoms with Crippen molar-refractivity contribution in [3.05, 3.63) is 57.0 Å². The molecule has 2 aromatic rings. The highest BCUT2D eigenvalue weighted by molar-refractivity contribution is 9.10. The number of benzene rings is 2. The second kappa shape index (κ2) is 5.43. The molecule has 0 amide bonds. The van der Waals surface area contributed by atoms with Crippen LogP contribution in [-0.4, -0.2) is 0 Å². The van der Waals surface area contributed by atoms with Crippen LogP contribution < -0.4 is 5.32 Å². The van der Waals surface area contributed by atoms with Gasteiger partial charge >= 0.3 is 0 Å². The fraction of sp³-hybridized carbons (Fsp3) is 0.0714. The summed E-state index contributed by atoms with van der Waals surface area (Å²) in [6.45, 7) is 1.96. The van der Waals surface area contributed by atoms with Gasteiger partial charge in [-0.1, -0.05) is 33.6 Å². The predicted molar refractivity (Wildman–Crippen MR) is 78.3 cm³/mol. The number of aryl methyl sites for hydroxylation is 1. The van der Waals surface area contributed by atoms with E-state index in [1.54, 1.807) is 6.07 Å². The number of halogens is 2. The Morgan fingerprint density at radius 3 is 2.67 bits per heavy atom. The van der Waals surface area contributed by atoms with Crippen molar-refractivity contribution in [2.75, 3.05) is 5.32 Å². The lowest BCUT2D eigenvalue weighted by atomic mass is 10.1. The van der Waals surface area contributed by atoms with E-state index >= 15 is 0 Å². The Hall–Kier alpha value is -1.50. The van der Waals surface area contributed by atoms with Crippen LogP contribution in [0.3, 0.4) is 0 Å². The number of hydrogen-bond donors (Lipinski definition) is 1. The normalized spacial score (nSPS) is 9.89. The molecular weight excluding hydrogens is 312 g/mol. The van der Waals surface area contributed by atoms with E-state index < -0.39 is 0 Å². The minimum absolute atomic E-state index is 0.603. The van der Waals surface area contributed by atoms with Gasteiger partial charge in [-0.15, -0.1) is 0 Å². The summed E-state index contributed by atoms with van der Waals surface area (Å²) in [4.78, 5) is 0. The molecule has 90 valence electrons. The lowest BCUT2D eigenvalue weighted by Gasteiger charge is -2.10. The van der Waals surface area contributed by atoms with Crippen LogP contribution in [0.25, 0.3) is 0 Å². The molecule has 0 spiro atoms. The highest BCUT2D eigenvalue weighted by Crippen LogP contribution is 2.30. The van der Waals surface area contributed by atoms with Gasteiger partial charge in [0.1, 0.15) is 6.07 Å². The van der Waals surface area contributed by atoms with E-state index in [0.29, 0.717) is 10.6 Å². The van der Waals surface area contributed by atoms with Crippen LogP contribution in [0.2, 0.25) is 5.02 Å². The molecule has 4 heteroatoms. The molecule has 2 nitrogen and oxygen atoms in total. The Kier molecular flexibility index (Phi) is 3.90. The molecule has 0 atom stereocenters. The number of nitriles is 1. The molecule has 0 saturated carbocycles. The Bertz CT molecular complexity index is 632. The highest BCUT2D eigenvalue weighted by atomic mass is 79.9. The first-order chi connectivity index (χ1) is 8.60. The quantitative estimate of drug-likeness (QED) is 0.842. The molecule has 2 rings (SSSR count). The maximum atomic E-state index is 9.11. The van der Waals surface area contributed by atoms with Gasteiger partial charge in [0.05, 0.1) is 22.0 Å². The molecule has 0 aliphatic carbocycles. The zero-order chi connectivity index (χ0) is 13.1. The first-order valence-electron chi connectivity index (χ1n) is 5.33. The minimum atomic E-state index is 0.603. The molecule has 0 heterocycles. The van der Waals surface area contributed by atoms with Gasteiger partial charge in [0.2, 0.25) is 0 Å². The number of rotatable bonds is 2. The van der Waals surface area contributed by atoms with Gasteiger partial charge in [-0.2, -0.15) is 5.26 Å². The first-order valence-corrected chi connectivity index (χ1v) is 6.50. The average Bonchev–Trinajstić information content (AvgIpc) is 2.36. The predicted octanol–water partition coefficient (Wildman–Crippen LogP) is 5.03. The van der Waals surface area contributed by atoms with Gasteiger partial charge < -0.3 is 5.32 Å². The van der Waals surface area contributed by atoms with E-state index in [1.165, 1.54) is 0 Å². The summed E-state index contributed by atoms with van der Waals surface area (Å²) in [6.07, 6.45) is 0. The van der Waals surface area contributed by atoms with Crippen molar-refractivity contribution in [3.8, 4) is 6.07 Å². The zero-order valence-electron chi connectivity index (χ0n) is 9.67. The smallest absolute Gasteiger partial charge is 0.101 e. The van der Waals surface area contributed by atoms with Gasteiger partial charge in [0.15, 0.2) is 0 Å². The minimum Gasteiger partial charge on any atom is -0.353 e. The average molecular weight is 322 g/mol. The Morgan fingerprint density at radius 1 is 1.17 bits per heavy atom. The number of nitrogens with zero attached hydrogens (tertiary/aromatic N) is 1. The molecular formula is C14H10BrClN2. The summed E-state index contributed by atoms with van der Waals surface area (Å²) in [6, 6.07) is 13.4. The second-order valence-electron chi connectivity index (χ2n) is 3.91. The Morgan fingerprint density at radius 2 is 1.94 bits per heavy atom. The topological polar surface area (TPSA) is 35.8 Å². The van der Waals surface area contributed by atoms with E-state index in [4.69, 9.17) is 16.9 Å². The summed E-state index contributed by atoms with van der Waals surface area (Å²) in [5, 5.41) is 12.9. The SMILES string of the molecule is Cc1ccc(Nc2cc(Br)ccc2Cl)c(C#N)c1. The van der Waals surface area contributed by atoms with Crippen LogP contribution in [0.4, 0.5) is 11.4 Å². The summed E-state index contributed by atoms with van der Waals surface area (Å²) < 4.78 is 0.931. The van der Waals surface area contributed by atoms with Crippen molar-refractivity contribution < 1.29 is 0 Å². The molecule has 1 N–H and O–H groups in total. The van der Waals surface area contributed by atoms with E-state index in [0.717, 1.165) is 21.4 Å². The number of anilines is 2. The molecule has 0 aliphatic heterocycles. The van der Waals surface area contributed by atoms with Crippen molar-refractivity contribution >= 4 is 38.9 Å². The van der Waals surface area contributed by atoms with Crippen LogP contribution >= 0.6 is 27.5 Å². The molecule has 0 fully saturated rings. The molecule has 0 saturated heterocycles. The Balaban J connectivity index is 2.40. The van der Waals surface area contributed by atoms with Crippen LogP contribution in [0.1, 0.15) is 11.1 Å². The fourth-order valence-corrected chi connectivity index (χ4v) is 2.12. The van der Waals surface area contributed by atoms with Crippen LogP contribution in [0.15, 0.2) is 40.9 Å². The highest BCUT2D eigenvalue weighted by Gasteiger charge is 2.06. The molecule has 0 bridgehead atoms. The van der Waals surface area contributed by atoms with Gasteiger partial charge in [0, 0.05) is 4.47 Å². The maximum Gasteiger partial charge on any atom is 0.101 e. The van der Waals surface area contributed by atoms with Gasteiger partial charge in [-0.05, 0) is 42.8 Å². The largest absolute Gasteiger partial charge is 0.353 e. The van der Waals surface area contributed by atoms with E-state index in [-0.39, 0.29) is 0 Å². The van der Waals surface area contributed by atoms with Crippen molar-refractivity contribution in [3.63, 3.8) is 0 Å². The number of hydrogen-bond acceptors (Lipinski definition) is 2. The third-order valence-electron chi connectivity index (χ3n) is 2.49. The summed E-state index contributed by atoms with van der Waals surface area (Å²) in [7, 11) is 0. The molecule has 0 unspecified atom stereocenters.